The summed E-state index contributed by atoms with van der Waals surface area (Å²) in [5, 5.41) is 9.06. The molecule has 0 aliphatic carbocycles. The van der Waals surface area contributed by atoms with E-state index in [1.165, 1.54) is 0 Å². The molecule has 1 aromatic rings. The third-order valence-corrected chi connectivity index (χ3v) is 2.02. The van der Waals surface area contributed by atoms with Crippen molar-refractivity contribution in [3.8, 4) is 0 Å². The van der Waals surface area contributed by atoms with Crippen LogP contribution in [0.1, 0.15) is 11.4 Å². The van der Waals surface area contributed by atoms with Crippen LogP contribution >= 0.6 is 8.03 Å². The van der Waals surface area contributed by atoms with Gasteiger partial charge in [-0.2, -0.15) is 4.89 Å². The van der Waals surface area contributed by atoms with Crippen molar-refractivity contribution in [3.63, 3.8) is 0 Å². The fraction of sp³-hybridized carbons (Fsp3) is 0.143. The van der Waals surface area contributed by atoms with Gasteiger partial charge in [-0.05, 0) is 4.57 Å². The summed E-state index contributed by atoms with van der Waals surface area (Å²) in [6.45, 7) is 0. The summed E-state index contributed by atoms with van der Waals surface area (Å²) in [6, 6.07) is 8.40. The van der Waals surface area contributed by atoms with E-state index in [9.17, 15) is 4.57 Å². The first-order valence-electron chi connectivity index (χ1n) is 3.10. The Morgan fingerprint density at radius 2 is 1.62 bits per heavy atom. The molecule has 0 spiro atoms. The minimum absolute atomic E-state index is 0. The normalized spacial score (nSPS) is 12.0. The van der Waals surface area contributed by atoms with Crippen LogP contribution in [0.15, 0.2) is 30.3 Å². The Kier molecular flexibility index (Phi) is 9.27. The summed E-state index contributed by atoms with van der Waals surface area (Å²) in [5.41, 5.74) is 0.469. The van der Waals surface area contributed by atoms with Gasteiger partial charge in [-0.25, -0.2) is 0 Å². The van der Waals surface area contributed by atoms with Gasteiger partial charge in [-0.3, -0.25) is 0 Å². The predicted octanol–water partition coefficient (Wildman–Crippen LogP) is 1.41. The molecule has 2 N–H and O–H groups in total. The van der Waals surface area contributed by atoms with Crippen LogP contribution in [0.25, 0.3) is 0 Å². The zero-order valence-electron chi connectivity index (χ0n) is 6.32. The molecule has 80 valence electrons. The SMILES string of the molecule is O=[P+](O)C(O)c1ccccc1.[Cu].[Cu]. The molecule has 0 saturated carbocycles. The van der Waals surface area contributed by atoms with Gasteiger partial charge in [0.2, 0.25) is 0 Å². The van der Waals surface area contributed by atoms with Crippen LogP contribution in [0.3, 0.4) is 0 Å². The average Bonchev–Trinajstić information content (AvgIpc) is 2.05. The number of rotatable bonds is 2. The summed E-state index contributed by atoms with van der Waals surface area (Å²) >= 11 is 0. The Bertz CT molecular complexity index is 255. The van der Waals surface area contributed by atoms with E-state index >= 15 is 0 Å². The monoisotopic (exact) mass is 297 g/mol. The molecule has 3 nitrogen and oxygen atoms in total. The fourth-order valence-electron chi connectivity index (χ4n) is 0.753. The molecular formula is C7H8Cu2O3P+. The third kappa shape index (κ3) is 4.90. The van der Waals surface area contributed by atoms with Gasteiger partial charge in [0.1, 0.15) is 0 Å². The largest absolute Gasteiger partial charge is 0.542 e. The molecule has 2 radical (unpaired) electrons. The first-order valence-corrected chi connectivity index (χ1v) is 4.38. The van der Waals surface area contributed by atoms with Crippen molar-refractivity contribution in [2.45, 2.75) is 5.85 Å². The van der Waals surface area contributed by atoms with Crippen LogP contribution in [0, 0.1) is 0 Å². The number of hydrogen-bond acceptors (Lipinski definition) is 2. The van der Waals surface area contributed by atoms with Gasteiger partial charge in [0.15, 0.2) is 0 Å². The summed E-state index contributed by atoms with van der Waals surface area (Å²) < 4.78 is 10.4. The minimum atomic E-state index is -2.53. The maximum atomic E-state index is 10.4. The number of aliphatic hydroxyl groups excluding tert-OH is 1. The molecule has 0 saturated heterocycles. The molecule has 0 aliphatic rings. The molecule has 0 heterocycles. The van der Waals surface area contributed by atoms with Crippen LogP contribution in [0.4, 0.5) is 0 Å². The Balaban J connectivity index is 0. The topological polar surface area (TPSA) is 57.5 Å². The summed E-state index contributed by atoms with van der Waals surface area (Å²) in [7, 11) is -2.53. The molecule has 13 heavy (non-hydrogen) atoms. The van der Waals surface area contributed by atoms with E-state index in [4.69, 9.17) is 10.00 Å². The van der Waals surface area contributed by atoms with Gasteiger partial charge in [0, 0.05) is 39.7 Å². The van der Waals surface area contributed by atoms with Crippen molar-refractivity contribution in [1.29, 1.82) is 0 Å². The van der Waals surface area contributed by atoms with E-state index in [-0.39, 0.29) is 34.1 Å². The van der Waals surface area contributed by atoms with E-state index < -0.39 is 13.9 Å². The second-order valence-electron chi connectivity index (χ2n) is 2.09. The van der Waals surface area contributed by atoms with E-state index in [0.29, 0.717) is 5.56 Å². The average molecular weight is 298 g/mol. The van der Waals surface area contributed by atoms with Gasteiger partial charge in [0.05, 0.1) is 0 Å². The van der Waals surface area contributed by atoms with E-state index in [2.05, 4.69) is 0 Å². The first-order chi connectivity index (χ1) is 5.22. The molecule has 6 heteroatoms. The molecule has 0 fully saturated rings. The maximum absolute atomic E-state index is 10.4. The number of aliphatic hydroxyl groups is 1. The molecular weight excluding hydrogens is 290 g/mol. The smallest absolute Gasteiger partial charge is 0.345 e. The van der Waals surface area contributed by atoms with Crippen molar-refractivity contribution >= 4 is 8.03 Å². The van der Waals surface area contributed by atoms with Crippen LogP contribution in [0.5, 0.6) is 0 Å². The summed E-state index contributed by atoms with van der Waals surface area (Å²) in [6.07, 6.45) is 0. The molecule has 0 bridgehead atoms. The predicted molar refractivity (Wildman–Crippen MR) is 41.2 cm³/mol. The maximum Gasteiger partial charge on any atom is 0.542 e. The second-order valence-corrected chi connectivity index (χ2v) is 3.18. The van der Waals surface area contributed by atoms with Crippen LogP contribution in [0.2, 0.25) is 0 Å². The molecule has 1 aromatic carbocycles. The van der Waals surface area contributed by atoms with E-state index in [0.717, 1.165) is 0 Å². The number of hydrogen-bond donors (Lipinski definition) is 2. The molecule has 0 aliphatic heterocycles. The van der Waals surface area contributed by atoms with Gasteiger partial charge < -0.3 is 5.11 Å². The van der Waals surface area contributed by atoms with E-state index in [1.54, 1.807) is 30.3 Å². The summed E-state index contributed by atoms with van der Waals surface area (Å²) in [4.78, 5) is 8.53. The summed E-state index contributed by atoms with van der Waals surface area (Å²) in [5.74, 6) is -1.26. The van der Waals surface area contributed by atoms with Gasteiger partial charge in [-0.15, -0.1) is 0 Å². The first kappa shape index (κ1) is 15.7. The molecule has 0 amide bonds. The second kappa shape index (κ2) is 7.66. The van der Waals surface area contributed by atoms with E-state index in [1.807, 2.05) is 0 Å². The van der Waals surface area contributed by atoms with Gasteiger partial charge >= 0.3 is 13.9 Å². The molecule has 1 rings (SSSR count). The standard InChI is InChI=1S/C7H7O3P.2Cu/c8-7(11(9)10)6-4-2-1-3-5-6;;/h1-5,7-8H;;/p+1. The van der Waals surface area contributed by atoms with Crippen LogP contribution in [-0.2, 0) is 38.7 Å². The van der Waals surface area contributed by atoms with Crippen molar-refractivity contribution in [3.05, 3.63) is 35.9 Å². The fourth-order valence-corrected chi connectivity index (χ4v) is 1.18. The molecule has 2 unspecified atom stereocenters. The third-order valence-electron chi connectivity index (χ3n) is 1.31. The Morgan fingerprint density at radius 1 is 1.15 bits per heavy atom. The van der Waals surface area contributed by atoms with Gasteiger partial charge in [-0.1, -0.05) is 30.3 Å². The van der Waals surface area contributed by atoms with Crippen molar-refractivity contribution < 1.29 is 48.7 Å². The Labute approximate surface area is 98.4 Å². The van der Waals surface area contributed by atoms with Crippen LogP contribution < -0.4 is 0 Å². The zero-order valence-corrected chi connectivity index (χ0v) is 9.09. The Hall–Kier alpha value is 0.279. The quantitative estimate of drug-likeness (QED) is 0.641. The van der Waals surface area contributed by atoms with Crippen molar-refractivity contribution in [2.75, 3.05) is 0 Å². The zero-order chi connectivity index (χ0) is 8.27. The molecule has 2 atom stereocenters. The minimum Gasteiger partial charge on any atom is -0.345 e. The van der Waals surface area contributed by atoms with Gasteiger partial charge in [0.25, 0.3) is 0 Å². The van der Waals surface area contributed by atoms with Crippen molar-refractivity contribution in [1.82, 2.24) is 0 Å². The molecule has 0 aromatic heterocycles. The number of benzene rings is 1. The Morgan fingerprint density at radius 3 is 2.00 bits per heavy atom. The van der Waals surface area contributed by atoms with Crippen LogP contribution in [-0.4, -0.2) is 10.00 Å². The van der Waals surface area contributed by atoms with Crippen molar-refractivity contribution in [2.24, 2.45) is 0 Å².